The van der Waals surface area contributed by atoms with Gasteiger partial charge in [-0.2, -0.15) is 0 Å². The van der Waals surface area contributed by atoms with Crippen molar-refractivity contribution in [3.63, 3.8) is 0 Å². The molecule has 0 radical (unpaired) electrons. The number of aliphatic carboxylic acids is 1. The van der Waals surface area contributed by atoms with Crippen LogP contribution in [0.3, 0.4) is 0 Å². The fourth-order valence-corrected chi connectivity index (χ4v) is 4.21. The minimum atomic E-state index is -0.703. The molecule has 1 fully saturated rings. The summed E-state index contributed by atoms with van der Waals surface area (Å²) in [7, 11) is 0. The first-order valence-corrected chi connectivity index (χ1v) is 10.4. The Balaban J connectivity index is 1.39. The van der Waals surface area contributed by atoms with Gasteiger partial charge in [-0.25, -0.2) is 9.37 Å². The third kappa shape index (κ3) is 4.82. The van der Waals surface area contributed by atoms with E-state index in [1.165, 1.54) is 17.7 Å². The van der Waals surface area contributed by atoms with Crippen molar-refractivity contribution in [2.45, 2.75) is 38.0 Å². The summed E-state index contributed by atoms with van der Waals surface area (Å²) in [4.78, 5) is 15.1. The van der Waals surface area contributed by atoms with E-state index in [4.69, 9.17) is 21.1 Å². The molecule has 0 aliphatic heterocycles. The molecule has 30 heavy (non-hydrogen) atoms. The molecule has 0 atom stereocenters. The highest BCUT2D eigenvalue weighted by Gasteiger charge is 2.24. The maximum Gasteiger partial charge on any atom is 0.303 e. The number of aromatic nitrogens is 1. The van der Waals surface area contributed by atoms with Gasteiger partial charge >= 0.3 is 5.97 Å². The molecule has 156 valence electrons. The highest BCUT2D eigenvalue weighted by atomic mass is 35.5. The molecule has 0 spiro atoms. The van der Waals surface area contributed by atoms with Crippen molar-refractivity contribution in [1.29, 1.82) is 0 Å². The van der Waals surface area contributed by atoms with Crippen molar-refractivity contribution in [2.75, 3.05) is 5.32 Å². The molecule has 0 bridgehead atoms. The van der Waals surface area contributed by atoms with Crippen LogP contribution in [0.2, 0.25) is 5.02 Å². The molecule has 2 aromatic carbocycles. The molecular formula is C23H22ClFN2O3. The van der Waals surface area contributed by atoms with Crippen molar-refractivity contribution in [1.82, 2.24) is 4.98 Å². The van der Waals surface area contributed by atoms with E-state index >= 15 is 0 Å². The minimum absolute atomic E-state index is 0.0272. The van der Waals surface area contributed by atoms with Crippen LogP contribution in [0.15, 0.2) is 53.1 Å². The predicted molar refractivity (Wildman–Crippen MR) is 114 cm³/mol. The van der Waals surface area contributed by atoms with Crippen LogP contribution in [0.4, 0.5) is 16.1 Å². The Bertz CT molecular complexity index is 1030. The minimum Gasteiger partial charge on any atom is -0.481 e. The van der Waals surface area contributed by atoms with E-state index < -0.39 is 11.8 Å². The van der Waals surface area contributed by atoms with E-state index in [0.29, 0.717) is 29.3 Å². The Labute approximate surface area is 178 Å². The zero-order valence-electron chi connectivity index (χ0n) is 16.3. The number of halogens is 2. The van der Waals surface area contributed by atoms with Crippen molar-refractivity contribution in [2.24, 2.45) is 5.92 Å². The van der Waals surface area contributed by atoms with E-state index in [1.807, 2.05) is 12.1 Å². The first kappa shape index (κ1) is 20.4. The largest absolute Gasteiger partial charge is 0.481 e. The zero-order valence-corrected chi connectivity index (χ0v) is 17.0. The lowest BCUT2D eigenvalue weighted by Crippen LogP contribution is -2.16. The second-order valence-electron chi connectivity index (χ2n) is 7.72. The van der Waals surface area contributed by atoms with Crippen LogP contribution in [0, 0.1) is 11.7 Å². The average Bonchev–Trinajstić information content (AvgIpc) is 3.19. The summed E-state index contributed by atoms with van der Waals surface area (Å²) in [5.74, 6) is 0.216. The van der Waals surface area contributed by atoms with Gasteiger partial charge in [0.25, 0.3) is 6.01 Å². The molecular weight excluding hydrogens is 407 g/mol. The number of carboxylic acids is 1. The molecule has 7 heteroatoms. The average molecular weight is 429 g/mol. The van der Waals surface area contributed by atoms with Crippen LogP contribution in [-0.4, -0.2) is 16.1 Å². The van der Waals surface area contributed by atoms with Crippen LogP contribution >= 0.6 is 11.6 Å². The summed E-state index contributed by atoms with van der Waals surface area (Å²) in [6, 6.07) is 12.8. The van der Waals surface area contributed by atoms with Crippen LogP contribution in [0.25, 0.3) is 11.3 Å². The third-order valence-electron chi connectivity index (χ3n) is 5.65. The van der Waals surface area contributed by atoms with Gasteiger partial charge in [0.2, 0.25) is 0 Å². The predicted octanol–water partition coefficient (Wildman–Crippen LogP) is 6.63. The van der Waals surface area contributed by atoms with E-state index in [9.17, 15) is 9.18 Å². The normalized spacial score (nSPS) is 18.9. The van der Waals surface area contributed by atoms with Gasteiger partial charge in [0.05, 0.1) is 11.2 Å². The molecule has 0 saturated heterocycles. The molecule has 1 heterocycles. The maximum atomic E-state index is 13.3. The molecule has 1 aromatic heterocycles. The Morgan fingerprint density at radius 2 is 1.90 bits per heavy atom. The van der Waals surface area contributed by atoms with E-state index in [0.717, 1.165) is 31.2 Å². The number of hydrogen-bond acceptors (Lipinski definition) is 4. The molecule has 5 nitrogen and oxygen atoms in total. The Morgan fingerprint density at radius 3 is 2.57 bits per heavy atom. The number of carbonyl (C=O) groups is 1. The van der Waals surface area contributed by atoms with Gasteiger partial charge < -0.3 is 14.8 Å². The smallest absolute Gasteiger partial charge is 0.303 e. The first-order valence-electron chi connectivity index (χ1n) is 9.98. The Hall–Kier alpha value is -2.86. The number of oxazole rings is 1. The number of nitrogens with one attached hydrogen (secondary N) is 1. The number of benzene rings is 2. The monoisotopic (exact) mass is 428 g/mol. The van der Waals surface area contributed by atoms with Gasteiger partial charge in [-0.15, -0.1) is 0 Å². The molecule has 1 aliphatic carbocycles. The fraction of sp³-hybridized carbons (Fsp3) is 0.304. The summed E-state index contributed by atoms with van der Waals surface area (Å²) in [6.45, 7) is 0. The van der Waals surface area contributed by atoms with Gasteiger partial charge in [0, 0.05) is 17.7 Å². The maximum absolute atomic E-state index is 13.3. The number of carboxylic acid groups (broad SMARTS) is 1. The van der Waals surface area contributed by atoms with Gasteiger partial charge in [-0.05, 0) is 61.3 Å². The summed E-state index contributed by atoms with van der Waals surface area (Å²) in [5.41, 5.74) is 2.77. The van der Waals surface area contributed by atoms with Crippen molar-refractivity contribution >= 4 is 29.3 Å². The third-order valence-corrected chi connectivity index (χ3v) is 5.94. The van der Waals surface area contributed by atoms with Gasteiger partial charge in [-0.3, -0.25) is 4.79 Å². The zero-order chi connectivity index (χ0) is 21.1. The lowest BCUT2D eigenvalue weighted by Gasteiger charge is -2.28. The lowest BCUT2D eigenvalue weighted by atomic mass is 9.77. The molecule has 2 N–H and O–H groups in total. The number of anilines is 2. The van der Waals surface area contributed by atoms with Crippen molar-refractivity contribution < 1.29 is 18.7 Å². The quantitative estimate of drug-likeness (QED) is 0.461. The molecule has 1 saturated carbocycles. The molecule has 1 aliphatic rings. The summed E-state index contributed by atoms with van der Waals surface area (Å²) < 4.78 is 19.0. The standard InChI is InChI=1S/C23H22ClFN2O3/c24-19-12-18(9-10-20(19)25)27-23-26-13-21(30-23)17-7-5-16(6-8-17)15-3-1-14(2-4-15)11-22(28)29/h5-10,12-15H,1-4,11H2,(H,26,27)(H,28,29). The molecule has 3 aromatic rings. The van der Waals surface area contributed by atoms with Gasteiger partial charge in [-0.1, -0.05) is 35.9 Å². The first-order chi connectivity index (χ1) is 14.5. The second-order valence-corrected chi connectivity index (χ2v) is 8.13. The van der Waals surface area contributed by atoms with E-state index in [-0.39, 0.29) is 11.4 Å². The lowest BCUT2D eigenvalue weighted by molar-refractivity contribution is -0.138. The fourth-order valence-electron chi connectivity index (χ4n) is 4.03. The second kappa shape index (κ2) is 8.88. The highest BCUT2D eigenvalue weighted by Crippen LogP contribution is 2.37. The topological polar surface area (TPSA) is 75.4 Å². The highest BCUT2D eigenvalue weighted by molar-refractivity contribution is 6.31. The van der Waals surface area contributed by atoms with Crippen LogP contribution in [0.5, 0.6) is 0 Å². The molecule has 0 unspecified atom stereocenters. The number of rotatable bonds is 6. The van der Waals surface area contributed by atoms with E-state index in [2.05, 4.69) is 22.4 Å². The van der Waals surface area contributed by atoms with Crippen molar-refractivity contribution in [3.8, 4) is 11.3 Å². The SMILES string of the molecule is O=C(O)CC1CCC(c2ccc(-c3cnc(Nc4ccc(F)c(Cl)c4)o3)cc2)CC1. The van der Waals surface area contributed by atoms with Crippen LogP contribution in [0.1, 0.15) is 43.6 Å². The Morgan fingerprint density at radius 1 is 1.17 bits per heavy atom. The molecule has 0 amide bonds. The van der Waals surface area contributed by atoms with Crippen LogP contribution < -0.4 is 5.32 Å². The van der Waals surface area contributed by atoms with Gasteiger partial charge in [0.15, 0.2) is 5.76 Å². The van der Waals surface area contributed by atoms with Gasteiger partial charge in [0.1, 0.15) is 5.82 Å². The van der Waals surface area contributed by atoms with Crippen molar-refractivity contribution in [3.05, 3.63) is 65.1 Å². The Kier molecular flexibility index (Phi) is 6.04. The summed E-state index contributed by atoms with van der Waals surface area (Å²) in [5, 5.41) is 12.0. The van der Waals surface area contributed by atoms with E-state index in [1.54, 1.807) is 12.3 Å². The number of hydrogen-bond donors (Lipinski definition) is 2. The summed E-state index contributed by atoms with van der Waals surface area (Å²) in [6.07, 6.45) is 5.88. The molecule has 4 rings (SSSR count). The summed E-state index contributed by atoms with van der Waals surface area (Å²) >= 11 is 5.80. The van der Waals surface area contributed by atoms with Crippen LogP contribution in [-0.2, 0) is 4.79 Å². The number of nitrogens with zero attached hydrogens (tertiary/aromatic N) is 1.